The summed E-state index contributed by atoms with van der Waals surface area (Å²) in [7, 11) is 0. The largest absolute Gasteiger partial charge is 0.387 e. The lowest BCUT2D eigenvalue weighted by molar-refractivity contribution is 0.968. The number of aliphatic imine (C=N–C) groups is 1. The predicted molar refractivity (Wildman–Crippen MR) is 65.4 cm³/mol. The van der Waals surface area contributed by atoms with Gasteiger partial charge in [-0.25, -0.2) is 4.99 Å². The molecular formula is C12H19N3. The molecule has 15 heavy (non-hydrogen) atoms. The van der Waals surface area contributed by atoms with Crippen molar-refractivity contribution in [3.05, 3.63) is 29.8 Å². The van der Waals surface area contributed by atoms with Crippen LogP contribution in [0.2, 0.25) is 0 Å². The predicted octanol–water partition coefficient (Wildman–Crippen LogP) is 1.98. The second-order valence-electron chi connectivity index (χ2n) is 3.56. The lowest BCUT2D eigenvalue weighted by atomic mass is 10.1. The van der Waals surface area contributed by atoms with Gasteiger partial charge in [0.05, 0.1) is 11.5 Å². The molecule has 0 aliphatic heterocycles. The number of rotatable bonds is 5. The molecule has 0 aliphatic carbocycles. The fraction of sp³-hybridized carbons (Fsp3) is 0.417. The summed E-state index contributed by atoms with van der Waals surface area (Å²) in [4.78, 5) is 4.31. The summed E-state index contributed by atoms with van der Waals surface area (Å²) in [6.45, 7) is 2.77. The summed E-state index contributed by atoms with van der Waals surface area (Å²) in [6.07, 6.45) is 2.79. The molecule has 0 atom stereocenters. The normalized spacial score (nSPS) is 11.7. The van der Waals surface area contributed by atoms with Crippen molar-refractivity contribution in [1.82, 2.24) is 0 Å². The minimum absolute atomic E-state index is 0.681. The van der Waals surface area contributed by atoms with Crippen LogP contribution in [0.5, 0.6) is 0 Å². The van der Waals surface area contributed by atoms with Crippen LogP contribution >= 0.6 is 0 Å². The highest BCUT2D eigenvalue weighted by atomic mass is 14.8. The van der Waals surface area contributed by atoms with E-state index in [1.165, 1.54) is 5.56 Å². The Hall–Kier alpha value is -1.35. The van der Waals surface area contributed by atoms with Gasteiger partial charge in [-0.3, -0.25) is 0 Å². The average molecular weight is 205 g/mol. The van der Waals surface area contributed by atoms with Gasteiger partial charge in [-0.2, -0.15) is 0 Å². The molecule has 0 radical (unpaired) electrons. The van der Waals surface area contributed by atoms with E-state index in [9.17, 15) is 0 Å². The van der Waals surface area contributed by atoms with Gasteiger partial charge in [0.25, 0.3) is 0 Å². The highest BCUT2D eigenvalue weighted by molar-refractivity contribution is 5.82. The highest BCUT2D eigenvalue weighted by Gasteiger charge is 1.94. The van der Waals surface area contributed by atoms with Crippen molar-refractivity contribution in [2.75, 3.05) is 6.54 Å². The van der Waals surface area contributed by atoms with Crippen LogP contribution in [-0.2, 0) is 6.42 Å². The molecule has 0 spiro atoms. The Bertz CT molecular complexity index is 314. The van der Waals surface area contributed by atoms with Crippen molar-refractivity contribution < 1.29 is 0 Å². The van der Waals surface area contributed by atoms with Gasteiger partial charge in [-0.1, -0.05) is 19.1 Å². The van der Waals surface area contributed by atoms with E-state index in [1.807, 2.05) is 24.3 Å². The van der Waals surface area contributed by atoms with Crippen LogP contribution in [0.3, 0.4) is 0 Å². The summed E-state index contributed by atoms with van der Waals surface area (Å²) in [5.74, 6) is 0.698. The smallest absolute Gasteiger partial charge is 0.0996 e. The van der Waals surface area contributed by atoms with Crippen molar-refractivity contribution >= 4 is 11.5 Å². The fourth-order valence-corrected chi connectivity index (χ4v) is 1.38. The monoisotopic (exact) mass is 205 g/mol. The Morgan fingerprint density at radius 3 is 2.47 bits per heavy atom. The molecule has 1 rings (SSSR count). The van der Waals surface area contributed by atoms with Gasteiger partial charge in [0.1, 0.15) is 0 Å². The first kappa shape index (κ1) is 11.7. The Morgan fingerprint density at radius 2 is 1.93 bits per heavy atom. The molecular weight excluding hydrogens is 186 g/mol. The first-order chi connectivity index (χ1) is 7.26. The highest BCUT2D eigenvalue weighted by Crippen LogP contribution is 2.13. The number of hydrogen-bond donors (Lipinski definition) is 2. The maximum Gasteiger partial charge on any atom is 0.0996 e. The third kappa shape index (κ3) is 4.13. The summed E-state index contributed by atoms with van der Waals surface area (Å²) >= 11 is 0. The van der Waals surface area contributed by atoms with Gasteiger partial charge in [0.15, 0.2) is 0 Å². The topological polar surface area (TPSA) is 64.4 Å². The van der Waals surface area contributed by atoms with E-state index < -0.39 is 0 Å². The van der Waals surface area contributed by atoms with E-state index in [1.54, 1.807) is 0 Å². The molecule has 3 nitrogen and oxygen atoms in total. The molecule has 0 aliphatic rings. The van der Waals surface area contributed by atoms with Crippen LogP contribution in [0.15, 0.2) is 29.3 Å². The Balaban J connectivity index is 2.67. The zero-order chi connectivity index (χ0) is 11.1. The Kier molecular flexibility index (Phi) is 4.84. The van der Waals surface area contributed by atoms with E-state index in [0.717, 1.165) is 24.9 Å². The SMILES string of the molecule is CCCC(N)=Nc1ccc(CCN)cc1. The molecule has 0 bridgehead atoms. The van der Waals surface area contributed by atoms with Gasteiger partial charge in [-0.15, -0.1) is 0 Å². The van der Waals surface area contributed by atoms with Crippen molar-refractivity contribution in [2.45, 2.75) is 26.2 Å². The van der Waals surface area contributed by atoms with Gasteiger partial charge >= 0.3 is 0 Å². The first-order valence-electron chi connectivity index (χ1n) is 5.38. The van der Waals surface area contributed by atoms with Crippen molar-refractivity contribution in [2.24, 2.45) is 16.5 Å². The molecule has 0 aromatic heterocycles. The van der Waals surface area contributed by atoms with Crippen molar-refractivity contribution in [1.29, 1.82) is 0 Å². The molecule has 0 fully saturated rings. The minimum Gasteiger partial charge on any atom is -0.387 e. The maximum absolute atomic E-state index is 5.74. The molecule has 1 aromatic rings. The Labute approximate surface area is 91.2 Å². The second-order valence-corrected chi connectivity index (χ2v) is 3.56. The van der Waals surface area contributed by atoms with Gasteiger partial charge < -0.3 is 11.5 Å². The molecule has 0 saturated heterocycles. The lowest BCUT2D eigenvalue weighted by Crippen LogP contribution is -2.09. The fourth-order valence-electron chi connectivity index (χ4n) is 1.38. The molecule has 0 saturated carbocycles. The second kappa shape index (κ2) is 6.19. The van der Waals surface area contributed by atoms with Crippen LogP contribution < -0.4 is 11.5 Å². The van der Waals surface area contributed by atoms with Gasteiger partial charge in [0, 0.05) is 6.42 Å². The van der Waals surface area contributed by atoms with Crippen LogP contribution in [0, 0.1) is 0 Å². The number of benzene rings is 1. The van der Waals surface area contributed by atoms with E-state index in [2.05, 4.69) is 11.9 Å². The zero-order valence-corrected chi connectivity index (χ0v) is 9.24. The summed E-state index contributed by atoms with van der Waals surface area (Å²) < 4.78 is 0. The van der Waals surface area contributed by atoms with E-state index in [-0.39, 0.29) is 0 Å². The van der Waals surface area contributed by atoms with Crippen molar-refractivity contribution in [3.8, 4) is 0 Å². The standard InChI is InChI=1S/C12H19N3/c1-2-3-12(14)15-11-6-4-10(5-7-11)8-9-13/h4-7H,2-3,8-9,13H2,1H3,(H2,14,15). The maximum atomic E-state index is 5.74. The molecule has 3 heteroatoms. The van der Waals surface area contributed by atoms with Crippen LogP contribution in [0.25, 0.3) is 0 Å². The summed E-state index contributed by atoms with van der Waals surface area (Å²) in [5, 5.41) is 0. The number of nitrogens with zero attached hydrogens (tertiary/aromatic N) is 1. The van der Waals surface area contributed by atoms with Crippen LogP contribution in [-0.4, -0.2) is 12.4 Å². The minimum atomic E-state index is 0.681. The molecule has 4 N–H and O–H groups in total. The van der Waals surface area contributed by atoms with Crippen molar-refractivity contribution in [3.63, 3.8) is 0 Å². The number of hydrogen-bond acceptors (Lipinski definition) is 2. The van der Waals surface area contributed by atoms with E-state index >= 15 is 0 Å². The molecule has 0 unspecified atom stereocenters. The molecule has 82 valence electrons. The summed E-state index contributed by atoms with van der Waals surface area (Å²) in [6, 6.07) is 8.05. The zero-order valence-electron chi connectivity index (χ0n) is 9.24. The Morgan fingerprint density at radius 1 is 1.27 bits per heavy atom. The van der Waals surface area contributed by atoms with Gasteiger partial charge in [0.2, 0.25) is 0 Å². The quantitative estimate of drug-likeness (QED) is 0.570. The number of nitrogens with two attached hydrogens (primary N) is 2. The average Bonchev–Trinajstić information content (AvgIpc) is 2.22. The lowest BCUT2D eigenvalue weighted by Gasteiger charge is -2.01. The third-order valence-corrected chi connectivity index (χ3v) is 2.15. The molecule has 0 heterocycles. The first-order valence-corrected chi connectivity index (χ1v) is 5.38. The number of amidine groups is 1. The van der Waals surface area contributed by atoms with Gasteiger partial charge in [-0.05, 0) is 37.1 Å². The molecule has 1 aromatic carbocycles. The van der Waals surface area contributed by atoms with Crippen LogP contribution in [0.1, 0.15) is 25.3 Å². The van der Waals surface area contributed by atoms with Crippen LogP contribution in [0.4, 0.5) is 5.69 Å². The summed E-state index contributed by atoms with van der Waals surface area (Å²) in [5.41, 5.74) is 13.4. The van der Waals surface area contributed by atoms with E-state index in [4.69, 9.17) is 11.5 Å². The van der Waals surface area contributed by atoms with E-state index in [0.29, 0.717) is 12.4 Å². The third-order valence-electron chi connectivity index (χ3n) is 2.15. The molecule has 0 amide bonds.